The summed E-state index contributed by atoms with van der Waals surface area (Å²) < 4.78 is 0. The monoisotopic (exact) mass is 340 g/mol. The van der Waals surface area contributed by atoms with Crippen LogP contribution < -0.4 is 10.6 Å². The van der Waals surface area contributed by atoms with Gasteiger partial charge in [0.25, 0.3) is 11.8 Å². The van der Waals surface area contributed by atoms with Gasteiger partial charge in [-0.1, -0.05) is 55.8 Å². The molecule has 25 heavy (non-hydrogen) atoms. The molecule has 0 fully saturated rings. The molecule has 2 aromatic carbocycles. The first-order valence-corrected chi connectivity index (χ1v) is 8.49. The minimum atomic E-state index is -1.19. The first-order valence-electron chi connectivity index (χ1n) is 8.49. The second-order valence-electron chi connectivity index (χ2n) is 5.84. The zero-order chi connectivity index (χ0) is 18.1. The lowest BCUT2D eigenvalue weighted by Gasteiger charge is -2.12. The van der Waals surface area contributed by atoms with Crippen molar-refractivity contribution in [1.29, 1.82) is 0 Å². The summed E-state index contributed by atoms with van der Waals surface area (Å²) in [5, 5.41) is 15.6. The molecule has 132 valence electrons. The fraction of sp³-hybridized carbons (Fsp3) is 0.300. The van der Waals surface area contributed by atoms with Crippen LogP contribution in [-0.4, -0.2) is 23.5 Å². The number of nitrogens with one attached hydrogen (secondary N) is 2. The SMILES string of the molecule is CCCCNC(=O)c1ccc(CNC(=O)C(O)c2ccccc2)cc1. The molecule has 0 radical (unpaired) electrons. The van der Waals surface area contributed by atoms with Gasteiger partial charge < -0.3 is 15.7 Å². The normalized spacial score (nSPS) is 11.6. The molecule has 1 unspecified atom stereocenters. The number of aliphatic hydroxyl groups is 1. The average Bonchev–Trinajstić information content (AvgIpc) is 2.66. The van der Waals surface area contributed by atoms with E-state index in [0.717, 1.165) is 18.4 Å². The minimum absolute atomic E-state index is 0.0939. The molecule has 0 aliphatic rings. The Hall–Kier alpha value is -2.66. The molecule has 0 aromatic heterocycles. The fourth-order valence-electron chi connectivity index (χ4n) is 2.33. The quantitative estimate of drug-likeness (QED) is 0.646. The van der Waals surface area contributed by atoms with Crippen LogP contribution in [0.1, 0.15) is 47.4 Å². The van der Waals surface area contributed by atoms with Gasteiger partial charge in [-0.05, 0) is 29.7 Å². The van der Waals surface area contributed by atoms with Gasteiger partial charge in [0, 0.05) is 18.7 Å². The van der Waals surface area contributed by atoms with E-state index in [0.29, 0.717) is 24.2 Å². The molecule has 5 nitrogen and oxygen atoms in total. The van der Waals surface area contributed by atoms with Crippen molar-refractivity contribution in [3.05, 3.63) is 71.3 Å². The number of carbonyl (C=O) groups is 2. The molecule has 0 aliphatic carbocycles. The van der Waals surface area contributed by atoms with Crippen molar-refractivity contribution in [3.63, 3.8) is 0 Å². The Bertz CT molecular complexity index is 684. The minimum Gasteiger partial charge on any atom is -0.378 e. The number of rotatable bonds is 8. The first-order chi connectivity index (χ1) is 12.1. The Balaban J connectivity index is 1.85. The highest BCUT2D eigenvalue weighted by Gasteiger charge is 2.16. The Morgan fingerprint density at radius 2 is 1.68 bits per heavy atom. The Kier molecular flexibility index (Phi) is 7.16. The fourth-order valence-corrected chi connectivity index (χ4v) is 2.33. The van der Waals surface area contributed by atoms with E-state index >= 15 is 0 Å². The van der Waals surface area contributed by atoms with E-state index in [1.807, 2.05) is 6.07 Å². The predicted octanol–water partition coefficient (Wildman–Crippen LogP) is 2.57. The van der Waals surface area contributed by atoms with Gasteiger partial charge in [-0.25, -0.2) is 0 Å². The van der Waals surface area contributed by atoms with E-state index in [9.17, 15) is 14.7 Å². The van der Waals surface area contributed by atoms with Crippen molar-refractivity contribution in [2.45, 2.75) is 32.4 Å². The molecule has 0 saturated carbocycles. The lowest BCUT2D eigenvalue weighted by molar-refractivity contribution is -0.129. The largest absolute Gasteiger partial charge is 0.378 e. The summed E-state index contributed by atoms with van der Waals surface area (Å²) >= 11 is 0. The van der Waals surface area contributed by atoms with Crippen LogP contribution in [0, 0.1) is 0 Å². The van der Waals surface area contributed by atoms with E-state index in [-0.39, 0.29) is 5.91 Å². The number of hydrogen-bond acceptors (Lipinski definition) is 3. The van der Waals surface area contributed by atoms with Gasteiger partial charge in [-0.2, -0.15) is 0 Å². The summed E-state index contributed by atoms with van der Waals surface area (Å²) in [6, 6.07) is 15.8. The molecular formula is C20H24N2O3. The molecule has 0 spiro atoms. The van der Waals surface area contributed by atoms with E-state index in [1.54, 1.807) is 48.5 Å². The number of amides is 2. The van der Waals surface area contributed by atoms with E-state index in [1.165, 1.54) is 0 Å². The maximum absolute atomic E-state index is 12.0. The number of unbranched alkanes of at least 4 members (excludes halogenated alkanes) is 1. The van der Waals surface area contributed by atoms with Crippen molar-refractivity contribution < 1.29 is 14.7 Å². The molecule has 3 N–H and O–H groups in total. The van der Waals surface area contributed by atoms with Crippen molar-refractivity contribution in [2.75, 3.05) is 6.54 Å². The van der Waals surface area contributed by atoms with Gasteiger partial charge in [0.05, 0.1) is 0 Å². The summed E-state index contributed by atoms with van der Waals surface area (Å²) in [6.45, 7) is 3.04. The van der Waals surface area contributed by atoms with Crippen LogP contribution in [0.2, 0.25) is 0 Å². The van der Waals surface area contributed by atoms with Crippen LogP contribution in [0.4, 0.5) is 0 Å². The van der Waals surface area contributed by atoms with Gasteiger partial charge in [-0.15, -0.1) is 0 Å². The number of aliphatic hydroxyl groups excluding tert-OH is 1. The Labute approximate surface area is 148 Å². The first kappa shape index (κ1) is 18.7. The van der Waals surface area contributed by atoms with Crippen molar-refractivity contribution in [2.24, 2.45) is 0 Å². The van der Waals surface area contributed by atoms with Gasteiger partial charge in [0.15, 0.2) is 6.10 Å². The Morgan fingerprint density at radius 1 is 1.00 bits per heavy atom. The van der Waals surface area contributed by atoms with Gasteiger partial charge >= 0.3 is 0 Å². The summed E-state index contributed by atoms with van der Waals surface area (Å²) in [5.41, 5.74) is 2.01. The molecule has 1 atom stereocenters. The highest BCUT2D eigenvalue weighted by atomic mass is 16.3. The highest BCUT2D eigenvalue weighted by Crippen LogP contribution is 2.12. The van der Waals surface area contributed by atoms with Crippen LogP contribution in [0.5, 0.6) is 0 Å². The molecule has 0 saturated heterocycles. The standard InChI is InChI=1S/C20H24N2O3/c1-2-3-13-21-19(24)17-11-9-15(10-12-17)14-22-20(25)18(23)16-7-5-4-6-8-16/h4-12,18,23H,2-3,13-14H2,1H3,(H,21,24)(H,22,25). The van der Waals surface area contributed by atoms with Crippen LogP contribution in [-0.2, 0) is 11.3 Å². The number of carbonyl (C=O) groups excluding carboxylic acids is 2. The highest BCUT2D eigenvalue weighted by molar-refractivity contribution is 5.94. The zero-order valence-electron chi connectivity index (χ0n) is 14.4. The summed E-state index contributed by atoms with van der Waals surface area (Å²) in [5.74, 6) is -0.545. The number of benzene rings is 2. The van der Waals surface area contributed by atoms with E-state index in [4.69, 9.17) is 0 Å². The van der Waals surface area contributed by atoms with E-state index in [2.05, 4.69) is 17.6 Å². The van der Waals surface area contributed by atoms with Crippen molar-refractivity contribution in [3.8, 4) is 0 Å². The third kappa shape index (κ3) is 5.72. The van der Waals surface area contributed by atoms with Crippen molar-refractivity contribution >= 4 is 11.8 Å². The van der Waals surface area contributed by atoms with E-state index < -0.39 is 12.0 Å². The lowest BCUT2D eigenvalue weighted by Crippen LogP contribution is -2.29. The molecule has 2 rings (SSSR count). The molecule has 5 heteroatoms. The van der Waals surface area contributed by atoms with Crippen molar-refractivity contribution in [1.82, 2.24) is 10.6 Å². The van der Waals surface area contributed by atoms with Gasteiger partial charge in [0.2, 0.25) is 0 Å². The molecular weight excluding hydrogens is 316 g/mol. The second-order valence-corrected chi connectivity index (χ2v) is 5.84. The smallest absolute Gasteiger partial charge is 0.253 e. The summed E-state index contributed by atoms with van der Waals surface area (Å²) in [4.78, 5) is 23.9. The maximum Gasteiger partial charge on any atom is 0.253 e. The summed E-state index contributed by atoms with van der Waals surface area (Å²) in [6.07, 6.45) is 0.803. The molecule has 0 heterocycles. The van der Waals surface area contributed by atoms with Gasteiger partial charge in [0.1, 0.15) is 0 Å². The third-order valence-corrected chi connectivity index (χ3v) is 3.86. The molecule has 2 amide bonds. The van der Waals surface area contributed by atoms with Crippen LogP contribution in [0.3, 0.4) is 0 Å². The van der Waals surface area contributed by atoms with Crippen LogP contribution in [0.25, 0.3) is 0 Å². The molecule has 0 bridgehead atoms. The lowest BCUT2D eigenvalue weighted by atomic mass is 10.1. The third-order valence-electron chi connectivity index (χ3n) is 3.86. The van der Waals surface area contributed by atoms with Crippen LogP contribution in [0.15, 0.2) is 54.6 Å². The zero-order valence-corrected chi connectivity index (χ0v) is 14.4. The topological polar surface area (TPSA) is 78.4 Å². The van der Waals surface area contributed by atoms with Gasteiger partial charge in [-0.3, -0.25) is 9.59 Å². The Morgan fingerprint density at radius 3 is 2.32 bits per heavy atom. The number of hydrogen-bond donors (Lipinski definition) is 3. The maximum atomic E-state index is 12.0. The average molecular weight is 340 g/mol. The van der Waals surface area contributed by atoms with Crippen LogP contribution >= 0.6 is 0 Å². The predicted molar refractivity (Wildman–Crippen MR) is 96.9 cm³/mol. The molecule has 2 aromatic rings. The molecule has 0 aliphatic heterocycles. The summed E-state index contributed by atoms with van der Waals surface area (Å²) in [7, 11) is 0. The second kappa shape index (κ2) is 9.59.